The van der Waals surface area contributed by atoms with Gasteiger partial charge in [0.2, 0.25) is 0 Å². The summed E-state index contributed by atoms with van der Waals surface area (Å²) in [6.45, 7) is 2.10. The molecule has 1 aliphatic rings. The third-order valence-electron chi connectivity index (χ3n) is 2.70. The number of aliphatic hydroxyl groups is 1. The van der Waals surface area contributed by atoms with Gasteiger partial charge in [-0.25, -0.2) is 0 Å². The second-order valence-electron chi connectivity index (χ2n) is 3.73. The van der Waals surface area contributed by atoms with Gasteiger partial charge in [-0.1, -0.05) is 38.3 Å². The van der Waals surface area contributed by atoms with Crippen molar-refractivity contribution in [3.8, 4) is 0 Å². The molecule has 1 rings (SSSR count). The topological polar surface area (TPSA) is 20.2 Å². The first-order valence-electron chi connectivity index (χ1n) is 5.19. The van der Waals surface area contributed by atoms with Crippen molar-refractivity contribution in [1.29, 1.82) is 0 Å². The van der Waals surface area contributed by atoms with Gasteiger partial charge in [0, 0.05) is 0 Å². The Kier molecular flexibility index (Phi) is 4.37. The average molecular weight is 168 g/mol. The smallest absolute Gasteiger partial charge is 0.0749 e. The molecule has 0 heterocycles. The number of hydrogen-bond donors (Lipinski definition) is 1. The first-order valence-corrected chi connectivity index (χ1v) is 5.19. The predicted octanol–water partition coefficient (Wildman–Crippen LogP) is 2.89. The van der Waals surface area contributed by atoms with E-state index in [2.05, 4.69) is 13.0 Å². The van der Waals surface area contributed by atoms with Crippen LogP contribution in [0.25, 0.3) is 0 Å². The van der Waals surface area contributed by atoms with Crippen molar-refractivity contribution in [1.82, 2.24) is 0 Å². The number of rotatable bonds is 3. The molecule has 0 aromatic rings. The Morgan fingerprint density at radius 2 is 2.00 bits per heavy atom. The Labute approximate surface area is 75.5 Å². The van der Waals surface area contributed by atoms with E-state index in [9.17, 15) is 5.11 Å². The number of hydrogen-bond acceptors (Lipinski definition) is 1. The van der Waals surface area contributed by atoms with Crippen LogP contribution in [0.5, 0.6) is 0 Å². The molecule has 1 nitrogen and oxygen atoms in total. The van der Waals surface area contributed by atoms with E-state index < -0.39 is 0 Å². The predicted molar refractivity (Wildman–Crippen MR) is 52.0 cm³/mol. The fraction of sp³-hybridized carbons (Fsp3) is 0.818. The van der Waals surface area contributed by atoms with Crippen molar-refractivity contribution in [2.24, 2.45) is 5.92 Å². The molecule has 0 spiro atoms. The summed E-state index contributed by atoms with van der Waals surface area (Å²) in [4.78, 5) is 0. The van der Waals surface area contributed by atoms with Crippen LogP contribution >= 0.6 is 0 Å². The molecule has 1 atom stereocenters. The molecule has 0 aromatic heterocycles. The lowest BCUT2D eigenvalue weighted by Gasteiger charge is -2.24. The SMILES string of the molecule is CCC=CC(O)C1CCCCC1. The summed E-state index contributed by atoms with van der Waals surface area (Å²) in [6, 6.07) is 0. The van der Waals surface area contributed by atoms with Crippen LogP contribution < -0.4 is 0 Å². The van der Waals surface area contributed by atoms with Gasteiger partial charge in [-0.3, -0.25) is 0 Å². The summed E-state index contributed by atoms with van der Waals surface area (Å²) in [7, 11) is 0. The van der Waals surface area contributed by atoms with Gasteiger partial charge in [0.15, 0.2) is 0 Å². The molecule has 1 unspecified atom stereocenters. The summed E-state index contributed by atoms with van der Waals surface area (Å²) >= 11 is 0. The summed E-state index contributed by atoms with van der Waals surface area (Å²) < 4.78 is 0. The molecule has 1 saturated carbocycles. The molecule has 70 valence electrons. The maximum absolute atomic E-state index is 9.72. The van der Waals surface area contributed by atoms with Gasteiger partial charge in [0.1, 0.15) is 0 Å². The summed E-state index contributed by atoms with van der Waals surface area (Å²) in [5, 5.41) is 9.72. The Balaban J connectivity index is 2.29. The van der Waals surface area contributed by atoms with Crippen LogP contribution in [-0.4, -0.2) is 11.2 Å². The normalized spacial score (nSPS) is 23.2. The summed E-state index contributed by atoms with van der Waals surface area (Å²) in [6.07, 6.45) is 11.3. The van der Waals surface area contributed by atoms with Crippen molar-refractivity contribution in [2.75, 3.05) is 0 Å². The summed E-state index contributed by atoms with van der Waals surface area (Å²) in [5.41, 5.74) is 0. The lowest BCUT2D eigenvalue weighted by Crippen LogP contribution is -2.20. The maximum Gasteiger partial charge on any atom is 0.0749 e. The van der Waals surface area contributed by atoms with Crippen molar-refractivity contribution in [2.45, 2.75) is 51.6 Å². The van der Waals surface area contributed by atoms with Crippen LogP contribution in [0.4, 0.5) is 0 Å². The van der Waals surface area contributed by atoms with Gasteiger partial charge in [-0.05, 0) is 25.2 Å². The van der Waals surface area contributed by atoms with Crippen molar-refractivity contribution < 1.29 is 5.11 Å². The van der Waals surface area contributed by atoms with Crippen LogP contribution in [0.15, 0.2) is 12.2 Å². The van der Waals surface area contributed by atoms with E-state index in [1.165, 1.54) is 32.1 Å². The molecule has 1 fully saturated rings. The van der Waals surface area contributed by atoms with Crippen molar-refractivity contribution in [3.63, 3.8) is 0 Å². The Hall–Kier alpha value is -0.300. The second-order valence-corrected chi connectivity index (χ2v) is 3.73. The molecule has 1 heteroatoms. The molecular weight excluding hydrogens is 148 g/mol. The fourth-order valence-electron chi connectivity index (χ4n) is 1.91. The van der Waals surface area contributed by atoms with Gasteiger partial charge in [-0.2, -0.15) is 0 Å². The van der Waals surface area contributed by atoms with Gasteiger partial charge in [0.05, 0.1) is 6.10 Å². The minimum Gasteiger partial charge on any atom is -0.389 e. The van der Waals surface area contributed by atoms with E-state index in [-0.39, 0.29) is 6.10 Å². The Morgan fingerprint density at radius 1 is 1.33 bits per heavy atom. The standard InChI is InChI=1S/C11H20O/c1-2-3-9-11(12)10-7-5-4-6-8-10/h3,9-12H,2,4-8H2,1H3. The van der Waals surface area contributed by atoms with Crippen LogP contribution in [0, 0.1) is 5.92 Å². The minimum absolute atomic E-state index is 0.176. The highest BCUT2D eigenvalue weighted by molar-refractivity contribution is 4.92. The molecule has 0 saturated heterocycles. The fourth-order valence-corrected chi connectivity index (χ4v) is 1.91. The molecule has 12 heavy (non-hydrogen) atoms. The maximum atomic E-state index is 9.72. The van der Waals surface area contributed by atoms with Gasteiger partial charge < -0.3 is 5.11 Å². The molecular formula is C11H20O. The van der Waals surface area contributed by atoms with Crippen LogP contribution in [-0.2, 0) is 0 Å². The molecule has 1 aliphatic carbocycles. The molecule has 0 amide bonds. The lowest BCUT2D eigenvalue weighted by atomic mass is 9.85. The Morgan fingerprint density at radius 3 is 2.58 bits per heavy atom. The molecule has 1 N–H and O–H groups in total. The second kappa shape index (κ2) is 5.36. The van der Waals surface area contributed by atoms with Crippen LogP contribution in [0.2, 0.25) is 0 Å². The van der Waals surface area contributed by atoms with Crippen molar-refractivity contribution in [3.05, 3.63) is 12.2 Å². The molecule has 0 aromatic carbocycles. The van der Waals surface area contributed by atoms with E-state index in [1.807, 2.05) is 6.08 Å². The van der Waals surface area contributed by atoms with E-state index >= 15 is 0 Å². The largest absolute Gasteiger partial charge is 0.389 e. The highest BCUT2D eigenvalue weighted by Gasteiger charge is 2.18. The van der Waals surface area contributed by atoms with Gasteiger partial charge in [0.25, 0.3) is 0 Å². The quantitative estimate of drug-likeness (QED) is 0.642. The zero-order valence-corrected chi connectivity index (χ0v) is 8.00. The van der Waals surface area contributed by atoms with E-state index in [0.717, 1.165) is 6.42 Å². The first-order chi connectivity index (χ1) is 5.84. The van der Waals surface area contributed by atoms with Gasteiger partial charge in [-0.15, -0.1) is 0 Å². The minimum atomic E-state index is -0.176. The van der Waals surface area contributed by atoms with Crippen molar-refractivity contribution >= 4 is 0 Å². The monoisotopic (exact) mass is 168 g/mol. The van der Waals surface area contributed by atoms with Gasteiger partial charge >= 0.3 is 0 Å². The first kappa shape index (κ1) is 9.79. The third kappa shape index (κ3) is 2.98. The zero-order chi connectivity index (χ0) is 8.81. The van der Waals surface area contributed by atoms with E-state index in [4.69, 9.17) is 0 Å². The van der Waals surface area contributed by atoms with Crippen LogP contribution in [0.3, 0.4) is 0 Å². The van der Waals surface area contributed by atoms with E-state index in [1.54, 1.807) is 0 Å². The molecule has 0 radical (unpaired) electrons. The highest BCUT2D eigenvalue weighted by Crippen LogP contribution is 2.26. The van der Waals surface area contributed by atoms with Crippen LogP contribution in [0.1, 0.15) is 45.4 Å². The molecule has 0 bridgehead atoms. The Bertz CT molecular complexity index is 134. The number of aliphatic hydroxyl groups excluding tert-OH is 1. The summed E-state index contributed by atoms with van der Waals surface area (Å²) in [5.74, 6) is 0.543. The lowest BCUT2D eigenvalue weighted by molar-refractivity contribution is 0.125. The third-order valence-corrected chi connectivity index (χ3v) is 2.70. The zero-order valence-electron chi connectivity index (χ0n) is 8.00. The van der Waals surface area contributed by atoms with E-state index in [0.29, 0.717) is 5.92 Å². The molecule has 0 aliphatic heterocycles. The number of allylic oxidation sites excluding steroid dienone is 1. The highest BCUT2D eigenvalue weighted by atomic mass is 16.3. The average Bonchev–Trinajstić information content (AvgIpc) is 2.15.